The number of allylic oxidation sites excluding steroid dienone is 2. The molecule has 0 aromatic heterocycles. The van der Waals surface area contributed by atoms with Crippen molar-refractivity contribution >= 4 is 13.2 Å². The molecule has 0 unspecified atom stereocenters. The molecule has 66 valence electrons. The van der Waals surface area contributed by atoms with Gasteiger partial charge in [0.15, 0.2) is 0 Å². The van der Waals surface area contributed by atoms with E-state index >= 15 is 0 Å². The zero-order valence-corrected chi connectivity index (χ0v) is 9.31. The normalized spacial score (nSPS) is 8.83. The maximum absolute atomic E-state index is 2.34. The fraction of sp³-hybridized carbons (Fsp3) is 0.600. The second-order valence-electron chi connectivity index (χ2n) is 4.21. The first-order valence-electron chi connectivity index (χ1n) is 4.73. The lowest BCUT2D eigenvalue weighted by Crippen LogP contribution is -2.26. The smallest absolute Gasteiger partial charge is 0.124 e. The van der Waals surface area contributed by atoms with Gasteiger partial charge in [-0.1, -0.05) is 24.8 Å². The lowest BCUT2D eigenvalue weighted by molar-refractivity contribution is 1.40. The van der Waals surface area contributed by atoms with E-state index in [2.05, 4.69) is 53.3 Å². The number of rotatable bonds is 3. The summed E-state index contributed by atoms with van der Waals surface area (Å²) in [6, 6.07) is 0. The van der Waals surface area contributed by atoms with Crippen LogP contribution in [0.2, 0.25) is 13.6 Å². The molecule has 0 nitrogen and oxygen atoms in total. The van der Waals surface area contributed by atoms with Gasteiger partial charge in [-0.15, -0.1) is 12.0 Å². The lowest BCUT2D eigenvalue weighted by atomic mass is 9.10. The second-order valence-corrected chi connectivity index (χ2v) is 4.21. The van der Waals surface area contributed by atoms with Gasteiger partial charge in [-0.3, -0.25) is 0 Å². The van der Waals surface area contributed by atoms with Crippen molar-refractivity contribution in [3.8, 4) is 0 Å². The van der Waals surface area contributed by atoms with E-state index in [4.69, 9.17) is 0 Å². The summed E-state index contributed by atoms with van der Waals surface area (Å²) in [4.78, 5) is 0. The summed E-state index contributed by atoms with van der Waals surface area (Å²) >= 11 is 0. The highest BCUT2D eigenvalue weighted by atomic mass is 13.7. The van der Waals surface area contributed by atoms with Gasteiger partial charge in [0.2, 0.25) is 0 Å². The first kappa shape index (κ1) is 11.6. The Morgan fingerprint density at radius 2 is 1.00 bits per heavy atom. The molecule has 0 rings (SSSR count). The van der Waals surface area contributed by atoms with Crippen molar-refractivity contribution in [2.24, 2.45) is 0 Å². The van der Waals surface area contributed by atoms with Crippen LogP contribution in [0.1, 0.15) is 27.7 Å². The molecule has 0 saturated carbocycles. The summed E-state index contributed by atoms with van der Waals surface area (Å²) < 4.78 is 0. The molecular weight excluding hydrogens is 142 g/mol. The van der Waals surface area contributed by atoms with E-state index in [9.17, 15) is 0 Å². The van der Waals surface area contributed by atoms with E-state index in [1.165, 1.54) is 11.1 Å². The quantitative estimate of drug-likeness (QED) is 0.558. The highest BCUT2D eigenvalue weighted by Gasteiger charge is 2.13. The van der Waals surface area contributed by atoms with Gasteiger partial charge in [-0.05, 0) is 27.7 Å². The summed E-state index contributed by atoms with van der Waals surface area (Å²) in [7, 11) is 0. The van der Waals surface area contributed by atoms with Crippen LogP contribution in [-0.4, -0.2) is 13.2 Å². The summed E-state index contributed by atoms with van der Waals surface area (Å²) in [5.41, 5.74) is 2.83. The maximum Gasteiger partial charge on any atom is 0.137 e. The first-order chi connectivity index (χ1) is 5.43. The molecule has 0 N–H and O–H groups in total. The molecule has 0 amide bonds. The minimum Gasteiger partial charge on any atom is -0.124 e. The van der Waals surface area contributed by atoms with Crippen molar-refractivity contribution in [2.45, 2.75) is 41.3 Å². The number of hydrogen-bond acceptors (Lipinski definition) is 0. The second kappa shape index (κ2) is 5.29. The van der Waals surface area contributed by atoms with Gasteiger partial charge in [-0.2, -0.15) is 0 Å². The highest BCUT2D eigenvalue weighted by molar-refractivity contribution is 7.25. The Balaban J connectivity index is 4.20. The van der Waals surface area contributed by atoms with E-state index in [1.807, 2.05) is 0 Å². The van der Waals surface area contributed by atoms with E-state index in [0.717, 1.165) is 0 Å². The standard InChI is InChI=1S/C10H20B2/c1-9(2)7-11(5)12(6)8-10(3)4/h7-8H,1-6H3. The maximum atomic E-state index is 2.34. The molecule has 0 bridgehead atoms. The molecule has 0 aliphatic rings. The van der Waals surface area contributed by atoms with Crippen molar-refractivity contribution in [3.05, 3.63) is 23.1 Å². The summed E-state index contributed by atoms with van der Waals surface area (Å²) in [5.74, 6) is 4.67. The predicted octanol–water partition coefficient (Wildman–Crippen LogP) is 3.32. The lowest BCUT2D eigenvalue weighted by Gasteiger charge is -2.06. The van der Waals surface area contributed by atoms with Crippen LogP contribution in [0.5, 0.6) is 0 Å². The van der Waals surface area contributed by atoms with Gasteiger partial charge < -0.3 is 0 Å². The molecule has 0 radical (unpaired) electrons. The zero-order valence-electron chi connectivity index (χ0n) is 9.31. The summed E-state index contributed by atoms with van der Waals surface area (Å²) in [6.07, 6.45) is 0. The van der Waals surface area contributed by atoms with Crippen molar-refractivity contribution in [1.82, 2.24) is 0 Å². The third-order valence-corrected chi connectivity index (χ3v) is 2.02. The minimum atomic E-state index is 0.657. The van der Waals surface area contributed by atoms with Crippen molar-refractivity contribution in [2.75, 3.05) is 0 Å². The predicted molar refractivity (Wildman–Crippen MR) is 62.1 cm³/mol. The van der Waals surface area contributed by atoms with Gasteiger partial charge >= 0.3 is 0 Å². The molecule has 2 heteroatoms. The Kier molecular flexibility index (Phi) is 5.12. The van der Waals surface area contributed by atoms with Crippen LogP contribution in [0.25, 0.3) is 0 Å². The average molecular weight is 162 g/mol. The Labute approximate surface area is 78.3 Å². The van der Waals surface area contributed by atoms with Crippen LogP contribution in [0.3, 0.4) is 0 Å². The fourth-order valence-electron chi connectivity index (χ4n) is 1.36. The largest absolute Gasteiger partial charge is 0.137 e. The fourth-order valence-corrected chi connectivity index (χ4v) is 1.36. The monoisotopic (exact) mass is 162 g/mol. The van der Waals surface area contributed by atoms with Crippen LogP contribution in [0.15, 0.2) is 23.1 Å². The summed E-state index contributed by atoms with van der Waals surface area (Å²) in [5, 5.41) is 0. The van der Waals surface area contributed by atoms with Gasteiger partial charge in [0.25, 0.3) is 0 Å². The Morgan fingerprint density at radius 1 is 0.750 bits per heavy atom. The van der Waals surface area contributed by atoms with E-state index < -0.39 is 0 Å². The minimum absolute atomic E-state index is 0.657. The van der Waals surface area contributed by atoms with E-state index in [-0.39, 0.29) is 0 Å². The first-order valence-corrected chi connectivity index (χ1v) is 4.73. The topological polar surface area (TPSA) is 0 Å². The molecule has 12 heavy (non-hydrogen) atoms. The van der Waals surface area contributed by atoms with Crippen LogP contribution in [0, 0.1) is 0 Å². The highest BCUT2D eigenvalue weighted by Crippen LogP contribution is 2.01. The Morgan fingerprint density at radius 3 is 1.17 bits per heavy atom. The van der Waals surface area contributed by atoms with Gasteiger partial charge in [0.1, 0.15) is 13.2 Å². The van der Waals surface area contributed by atoms with Crippen molar-refractivity contribution in [1.29, 1.82) is 0 Å². The van der Waals surface area contributed by atoms with Gasteiger partial charge in [0.05, 0.1) is 0 Å². The molecule has 0 aromatic rings. The zero-order chi connectivity index (χ0) is 9.72. The van der Waals surface area contributed by atoms with Crippen LogP contribution in [-0.2, 0) is 0 Å². The molecule has 0 heterocycles. The van der Waals surface area contributed by atoms with Crippen molar-refractivity contribution in [3.63, 3.8) is 0 Å². The molecule has 0 atom stereocenters. The van der Waals surface area contributed by atoms with Crippen LogP contribution < -0.4 is 0 Å². The van der Waals surface area contributed by atoms with Crippen LogP contribution >= 0.6 is 0 Å². The van der Waals surface area contributed by atoms with E-state index in [0.29, 0.717) is 13.2 Å². The third kappa shape index (κ3) is 5.29. The average Bonchev–Trinajstić information content (AvgIpc) is 1.84. The summed E-state index contributed by atoms with van der Waals surface area (Å²) in [6.45, 7) is 14.5. The molecule has 0 aliphatic carbocycles. The molecular formula is C10H20B2. The molecule has 0 spiro atoms. The molecule has 0 aromatic carbocycles. The number of hydrogen-bond donors (Lipinski definition) is 0. The molecule has 0 aliphatic heterocycles. The Hall–Kier alpha value is -0.390. The van der Waals surface area contributed by atoms with Gasteiger partial charge in [-0.25, -0.2) is 0 Å². The SMILES string of the molecule is CB(C=C(C)C)B(C)C=C(C)C. The van der Waals surface area contributed by atoms with Crippen molar-refractivity contribution < 1.29 is 0 Å². The van der Waals surface area contributed by atoms with Gasteiger partial charge in [0, 0.05) is 0 Å². The van der Waals surface area contributed by atoms with Crippen LogP contribution in [0.4, 0.5) is 0 Å². The van der Waals surface area contributed by atoms with E-state index in [1.54, 1.807) is 0 Å². The third-order valence-electron chi connectivity index (χ3n) is 2.02. The molecule has 0 fully saturated rings. The Bertz CT molecular complexity index is 162. The molecule has 0 saturated heterocycles.